The van der Waals surface area contributed by atoms with E-state index in [1.807, 2.05) is 4.90 Å². The van der Waals surface area contributed by atoms with Crippen LogP contribution in [0.25, 0.3) is 0 Å². The molecular weight excluding hydrogens is 230 g/mol. The molecule has 2 rings (SSSR count). The van der Waals surface area contributed by atoms with Crippen molar-refractivity contribution in [3.63, 3.8) is 0 Å². The van der Waals surface area contributed by atoms with Crippen molar-refractivity contribution in [1.82, 2.24) is 15.1 Å². The number of rotatable bonds is 6. The number of carbonyl (C=O) groups excluding carboxylic acids is 2. The van der Waals surface area contributed by atoms with Crippen molar-refractivity contribution in [3.05, 3.63) is 0 Å². The van der Waals surface area contributed by atoms with Gasteiger partial charge in [0.05, 0.1) is 6.54 Å². The monoisotopic (exact) mass is 253 g/mol. The second kappa shape index (κ2) is 6.18. The van der Waals surface area contributed by atoms with E-state index in [0.29, 0.717) is 12.5 Å². The molecule has 5 nitrogen and oxygen atoms in total. The molecular formula is C13H23N3O2. The molecule has 0 aromatic carbocycles. The van der Waals surface area contributed by atoms with E-state index < -0.39 is 0 Å². The number of nitrogens with one attached hydrogen (secondary N) is 1. The summed E-state index contributed by atoms with van der Waals surface area (Å²) < 4.78 is 0. The molecule has 0 aromatic rings. The number of likely N-dealkylation sites (N-methyl/N-ethyl adjacent to an activating group) is 1. The fourth-order valence-electron chi connectivity index (χ4n) is 2.22. The van der Waals surface area contributed by atoms with Gasteiger partial charge in [0, 0.05) is 39.1 Å². The first kappa shape index (κ1) is 13.3. The van der Waals surface area contributed by atoms with E-state index in [2.05, 4.69) is 5.32 Å². The number of carbonyl (C=O) groups is 2. The number of amides is 2. The van der Waals surface area contributed by atoms with E-state index in [1.165, 1.54) is 12.8 Å². The Morgan fingerprint density at radius 2 is 1.94 bits per heavy atom. The van der Waals surface area contributed by atoms with Crippen LogP contribution in [-0.4, -0.2) is 60.9 Å². The fraction of sp³-hybridized carbons (Fsp3) is 0.846. The molecule has 1 aliphatic heterocycles. The molecule has 102 valence electrons. The summed E-state index contributed by atoms with van der Waals surface area (Å²) >= 11 is 0. The lowest BCUT2D eigenvalue weighted by Gasteiger charge is -2.21. The molecule has 0 radical (unpaired) electrons. The number of likely N-dealkylation sites (tertiary alicyclic amines) is 1. The van der Waals surface area contributed by atoms with Gasteiger partial charge in [-0.15, -0.1) is 0 Å². The van der Waals surface area contributed by atoms with E-state index in [-0.39, 0.29) is 18.4 Å². The molecule has 1 saturated carbocycles. The maximum absolute atomic E-state index is 11.9. The van der Waals surface area contributed by atoms with Crippen LogP contribution in [0.3, 0.4) is 0 Å². The summed E-state index contributed by atoms with van der Waals surface area (Å²) in [6.45, 7) is 2.65. The third-order valence-corrected chi connectivity index (χ3v) is 3.61. The highest BCUT2D eigenvalue weighted by molar-refractivity contribution is 5.84. The van der Waals surface area contributed by atoms with Gasteiger partial charge < -0.3 is 15.1 Å². The van der Waals surface area contributed by atoms with Crippen LogP contribution in [-0.2, 0) is 9.59 Å². The van der Waals surface area contributed by atoms with Crippen molar-refractivity contribution in [2.45, 2.75) is 38.1 Å². The predicted molar refractivity (Wildman–Crippen MR) is 69.1 cm³/mol. The maximum atomic E-state index is 11.9. The lowest BCUT2D eigenvalue weighted by molar-refractivity contribution is -0.138. The fourth-order valence-corrected chi connectivity index (χ4v) is 2.22. The normalized spacial score (nSPS) is 19.1. The number of hydrogen-bond acceptors (Lipinski definition) is 3. The lowest BCUT2D eigenvalue weighted by atomic mass is 10.3. The first-order chi connectivity index (χ1) is 8.66. The van der Waals surface area contributed by atoms with Crippen molar-refractivity contribution in [2.75, 3.05) is 33.2 Å². The SMILES string of the molecule is CN(CC(=O)N1CCCC1)C(=O)CCNC1CC1. The van der Waals surface area contributed by atoms with Gasteiger partial charge in [-0.3, -0.25) is 9.59 Å². The quantitative estimate of drug-likeness (QED) is 0.736. The molecule has 0 atom stereocenters. The third-order valence-electron chi connectivity index (χ3n) is 3.61. The number of hydrogen-bond donors (Lipinski definition) is 1. The predicted octanol–water partition coefficient (Wildman–Crippen LogP) is 0.209. The van der Waals surface area contributed by atoms with E-state index in [4.69, 9.17) is 0 Å². The molecule has 0 aromatic heterocycles. The van der Waals surface area contributed by atoms with Gasteiger partial charge in [0.1, 0.15) is 0 Å². The van der Waals surface area contributed by atoms with E-state index in [1.54, 1.807) is 11.9 Å². The van der Waals surface area contributed by atoms with Gasteiger partial charge in [-0.25, -0.2) is 0 Å². The summed E-state index contributed by atoms with van der Waals surface area (Å²) in [5.74, 6) is 0.134. The van der Waals surface area contributed by atoms with Crippen LogP contribution in [0.5, 0.6) is 0 Å². The Morgan fingerprint density at radius 3 is 2.56 bits per heavy atom. The van der Waals surface area contributed by atoms with Crippen LogP contribution >= 0.6 is 0 Å². The average Bonchev–Trinajstić information content (AvgIpc) is 3.00. The largest absolute Gasteiger partial charge is 0.341 e. The first-order valence-corrected chi connectivity index (χ1v) is 6.92. The van der Waals surface area contributed by atoms with Gasteiger partial charge in [-0.05, 0) is 25.7 Å². The van der Waals surface area contributed by atoms with Crippen LogP contribution in [0.1, 0.15) is 32.1 Å². The summed E-state index contributed by atoms with van der Waals surface area (Å²) in [7, 11) is 1.72. The molecule has 0 bridgehead atoms. The summed E-state index contributed by atoms with van der Waals surface area (Å²) in [5.41, 5.74) is 0. The number of nitrogens with zero attached hydrogens (tertiary/aromatic N) is 2. The Balaban J connectivity index is 1.63. The molecule has 2 amide bonds. The van der Waals surface area contributed by atoms with Crippen LogP contribution < -0.4 is 5.32 Å². The molecule has 1 N–H and O–H groups in total. The van der Waals surface area contributed by atoms with Crippen LogP contribution in [0.2, 0.25) is 0 Å². The Bertz CT molecular complexity index is 309. The molecule has 18 heavy (non-hydrogen) atoms. The van der Waals surface area contributed by atoms with Crippen molar-refractivity contribution >= 4 is 11.8 Å². The Kier molecular flexibility index (Phi) is 4.58. The van der Waals surface area contributed by atoms with Crippen molar-refractivity contribution in [2.24, 2.45) is 0 Å². The zero-order valence-corrected chi connectivity index (χ0v) is 11.2. The topological polar surface area (TPSA) is 52.7 Å². The minimum Gasteiger partial charge on any atom is -0.341 e. The van der Waals surface area contributed by atoms with Gasteiger partial charge in [-0.1, -0.05) is 0 Å². The molecule has 2 aliphatic rings. The smallest absolute Gasteiger partial charge is 0.242 e. The van der Waals surface area contributed by atoms with Crippen LogP contribution in [0.4, 0.5) is 0 Å². The van der Waals surface area contributed by atoms with E-state index >= 15 is 0 Å². The van der Waals surface area contributed by atoms with E-state index in [0.717, 1.165) is 32.5 Å². The highest BCUT2D eigenvalue weighted by atomic mass is 16.2. The second-order valence-corrected chi connectivity index (χ2v) is 5.32. The summed E-state index contributed by atoms with van der Waals surface area (Å²) in [5, 5.41) is 3.31. The van der Waals surface area contributed by atoms with Gasteiger partial charge >= 0.3 is 0 Å². The third kappa shape index (κ3) is 3.98. The average molecular weight is 253 g/mol. The van der Waals surface area contributed by atoms with Gasteiger partial charge in [0.25, 0.3) is 0 Å². The Labute approximate surface area is 108 Å². The standard InChI is InChI=1S/C13H23N3O2/c1-15(10-13(18)16-8-2-3-9-16)12(17)6-7-14-11-4-5-11/h11,14H,2-10H2,1H3. The minimum atomic E-state index is 0.0516. The summed E-state index contributed by atoms with van der Waals surface area (Å²) in [6.07, 6.45) is 5.14. The molecule has 2 fully saturated rings. The van der Waals surface area contributed by atoms with Crippen molar-refractivity contribution in [1.29, 1.82) is 0 Å². The Morgan fingerprint density at radius 1 is 1.28 bits per heavy atom. The molecule has 1 saturated heterocycles. The van der Waals surface area contributed by atoms with Gasteiger partial charge in [0.15, 0.2) is 0 Å². The van der Waals surface area contributed by atoms with Crippen molar-refractivity contribution < 1.29 is 9.59 Å². The van der Waals surface area contributed by atoms with Gasteiger partial charge in [-0.2, -0.15) is 0 Å². The first-order valence-electron chi connectivity index (χ1n) is 6.92. The molecule has 5 heteroatoms. The minimum absolute atomic E-state index is 0.0516. The second-order valence-electron chi connectivity index (χ2n) is 5.32. The molecule has 0 unspecified atom stereocenters. The summed E-state index contributed by atoms with van der Waals surface area (Å²) in [6, 6.07) is 0.634. The Hall–Kier alpha value is -1.10. The maximum Gasteiger partial charge on any atom is 0.242 e. The highest BCUT2D eigenvalue weighted by Crippen LogP contribution is 2.18. The van der Waals surface area contributed by atoms with Crippen LogP contribution in [0, 0.1) is 0 Å². The van der Waals surface area contributed by atoms with Crippen LogP contribution in [0.15, 0.2) is 0 Å². The molecule has 1 aliphatic carbocycles. The van der Waals surface area contributed by atoms with Crippen molar-refractivity contribution in [3.8, 4) is 0 Å². The van der Waals surface area contributed by atoms with E-state index in [9.17, 15) is 9.59 Å². The van der Waals surface area contributed by atoms with Gasteiger partial charge in [0.2, 0.25) is 11.8 Å². The summed E-state index contributed by atoms with van der Waals surface area (Å²) in [4.78, 5) is 27.1. The lowest BCUT2D eigenvalue weighted by Crippen LogP contribution is -2.40. The highest BCUT2D eigenvalue weighted by Gasteiger charge is 2.22. The molecule has 0 spiro atoms. The zero-order valence-electron chi connectivity index (χ0n) is 11.2. The molecule has 1 heterocycles. The zero-order chi connectivity index (χ0) is 13.0.